The Morgan fingerprint density at radius 1 is 1.28 bits per heavy atom. The lowest BCUT2D eigenvalue weighted by Crippen LogP contribution is -3.00. The van der Waals surface area contributed by atoms with Crippen molar-refractivity contribution in [2.75, 3.05) is 44.7 Å². The molecule has 8 heteroatoms. The summed E-state index contributed by atoms with van der Waals surface area (Å²) in [7, 11) is 2.09. The van der Waals surface area contributed by atoms with Gasteiger partial charge < -0.3 is 26.9 Å². The number of pyridine rings is 1. The first-order valence-corrected chi connectivity index (χ1v) is 8.65. The molecule has 0 aliphatic carbocycles. The van der Waals surface area contributed by atoms with Gasteiger partial charge in [-0.3, -0.25) is 4.98 Å². The van der Waals surface area contributed by atoms with Crippen molar-refractivity contribution in [3.8, 4) is 0 Å². The Morgan fingerprint density at radius 3 is 2.60 bits per heavy atom. The lowest BCUT2D eigenvalue weighted by Gasteiger charge is -2.35. The summed E-state index contributed by atoms with van der Waals surface area (Å²) in [6, 6.07) is 3.61. The predicted octanol–water partition coefficient (Wildman–Crippen LogP) is 0.587. The normalized spacial score (nSPS) is 15.1. The molecule has 0 unspecified atom stereocenters. The first kappa shape index (κ1) is 20.0. The Labute approximate surface area is 164 Å². The Hall–Kier alpha value is -1.27. The number of hydrogen-bond donors (Lipinski definition) is 0. The smallest absolute Gasteiger partial charge is 1.00 e. The van der Waals surface area contributed by atoms with E-state index in [-0.39, 0.29) is 19.8 Å². The van der Waals surface area contributed by atoms with E-state index in [0.717, 1.165) is 37.3 Å². The van der Waals surface area contributed by atoms with Crippen molar-refractivity contribution in [2.45, 2.75) is 6.92 Å². The molecule has 1 aromatic carbocycles. The summed E-state index contributed by atoms with van der Waals surface area (Å²) < 4.78 is 5.21. The van der Waals surface area contributed by atoms with Crippen molar-refractivity contribution in [2.24, 2.45) is 0 Å². The summed E-state index contributed by atoms with van der Waals surface area (Å²) in [6.07, 6.45) is 1.54. The summed E-state index contributed by atoms with van der Waals surface area (Å²) in [5.74, 6) is -0.369. The zero-order chi connectivity index (χ0) is 17.3. The van der Waals surface area contributed by atoms with E-state index in [4.69, 9.17) is 27.9 Å². The van der Waals surface area contributed by atoms with E-state index in [1.54, 1.807) is 13.0 Å². The fourth-order valence-corrected chi connectivity index (χ4v) is 3.29. The summed E-state index contributed by atoms with van der Waals surface area (Å²) in [5.41, 5.74) is 1.89. The number of carbonyl (C=O) groups is 1. The van der Waals surface area contributed by atoms with Gasteiger partial charge in [0.1, 0.15) is 5.56 Å². The third kappa shape index (κ3) is 3.95. The molecule has 1 saturated heterocycles. The summed E-state index contributed by atoms with van der Waals surface area (Å²) in [5, 5.41) is 1.67. The van der Waals surface area contributed by atoms with Gasteiger partial charge in [-0.25, -0.2) is 4.79 Å². The maximum atomic E-state index is 12.4. The predicted molar refractivity (Wildman–Crippen MR) is 98.5 cm³/mol. The number of aromatic nitrogens is 1. The van der Waals surface area contributed by atoms with Crippen LogP contribution in [0, 0.1) is 0 Å². The van der Waals surface area contributed by atoms with Crippen LogP contribution in [-0.2, 0) is 4.74 Å². The van der Waals surface area contributed by atoms with Crippen molar-refractivity contribution in [3.05, 3.63) is 33.9 Å². The molecule has 2 aromatic rings. The second kappa shape index (κ2) is 8.41. The third-order valence-corrected chi connectivity index (χ3v) is 5.01. The molecule has 2 heterocycles. The largest absolute Gasteiger partial charge is 1.00 e. The van der Waals surface area contributed by atoms with Crippen LogP contribution in [0.15, 0.2) is 18.3 Å². The molecule has 1 aliphatic heterocycles. The monoisotopic (exact) mass is 403 g/mol. The molecule has 1 aliphatic rings. The van der Waals surface area contributed by atoms with Gasteiger partial charge in [-0.05, 0) is 26.1 Å². The highest BCUT2D eigenvalue weighted by molar-refractivity contribution is 6.45. The van der Waals surface area contributed by atoms with Gasteiger partial charge in [-0.15, -0.1) is 0 Å². The average Bonchev–Trinajstić information content (AvgIpc) is 2.58. The molecule has 25 heavy (non-hydrogen) atoms. The molecule has 1 fully saturated rings. The molecule has 0 atom stereocenters. The first-order chi connectivity index (χ1) is 11.5. The topological polar surface area (TPSA) is 45.7 Å². The molecule has 1 aromatic heterocycles. The van der Waals surface area contributed by atoms with Gasteiger partial charge in [-0.1, -0.05) is 23.2 Å². The van der Waals surface area contributed by atoms with E-state index in [2.05, 4.69) is 21.8 Å². The minimum atomic E-state index is -0.369. The molecule has 0 saturated carbocycles. The van der Waals surface area contributed by atoms with Gasteiger partial charge in [-0.2, -0.15) is 0 Å². The SMILES string of the molecule is CCOC(=O)c1cnc2c(Cl)c(Cl)ccc2c1N1CCN(C)CC1.[Cl-].[H+]. The average molecular weight is 405 g/mol. The van der Waals surface area contributed by atoms with Crippen molar-refractivity contribution in [1.29, 1.82) is 0 Å². The van der Waals surface area contributed by atoms with Gasteiger partial charge in [0.25, 0.3) is 0 Å². The second-order valence-electron chi connectivity index (χ2n) is 5.79. The highest BCUT2D eigenvalue weighted by Crippen LogP contribution is 2.37. The van der Waals surface area contributed by atoms with Crippen LogP contribution >= 0.6 is 23.2 Å². The van der Waals surface area contributed by atoms with Crippen molar-refractivity contribution >= 4 is 45.8 Å². The molecule has 0 amide bonds. The number of rotatable bonds is 3. The number of nitrogens with zero attached hydrogens (tertiary/aromatic N) is 3. The number of halogens is 3. The lowest BCUT2D eigenvalue weighted by atomic mass is 10.1. The number of likely N-dealkylation sites (N-methyl/N-ethyl adjacent to an activating group) is 1. The molecule has 0 bridgehead atoms. The summed E-state index contributed by atoms with van der Waals surface area (Å²) in [6.45, 7) is 5.60. The number of hydrogen-bond acceptors (Lipinski definition) is 5. The molecule has 136 valence electrons. The van der Waals surface area contributed by atoms with E-state index >= 15 is 0 Å². The summed E-state index contributed by atoms with van der Waals surface area (Å²) in [4.78, 5) is 21.2. The van der Waals surface area contributed by atoms with Crippen LogP contribution in [0.1, 0.15) is 18.7 Å². The van der Waals surface area contributed by atoms with E-state index in [9.17, 15) is 4.79 Å². The maximum absolute atomic E-state index is 12.4. The quantitative estimate of drug-likeness (QED) is 0.701. The Bertz CT molecular complexity index is 783. The lowest BCUT2D eigenvalue weighted by molar-refractivity contribution is -0.0000229. The number of fused-ring (bicyclic) bond motifs is 1. The second-order valence-corrected chi connectivity index (χ2v) is 6.57. The number of benzene rings is 1. The number of ether oxygens (including phenoxy) is 1. The molecule has 5 nitrogen and oxygen atoms in total. The molecular weight excluding hydrogens is 385 g/mol. The van der Waals surface area contributed by atoms with E-state index in [1.165, 1.54) is 6.20 Å². The molecule has 0 radical (unpaired) electrons. The van der Waals surface area contributed by atoms with Crippen LogP contribution in [0.3, 0.4) is 0 Å². The van der Waals surface area contributed by atoms with Gasteiger partial charge in [0.15, 0.2) is 0 Å². The zero-order valence-electron chi connectivity index (χ0n) is 15.1. The number of carbonyl (C=O) groups excluding carboxylic acids is 1. The van der Waals surface area contributed by atoms with Crippen LogP contribution < -0.4 is 17.3 Å². The van der Waals surface area contributed by atoms with Crippen LogP contribution in [-0.4, -0.2) is 55.7 Å². The van der Waals surface area contributed by atoms with Crippen LogP contribution in [0.4, 0.5) is 5.69 Å². The molecule has 0 N–H and O–H groups in total. The minimum Gasteiger partial charge on any atom is -1.00 e. The van der Waals surface area contributed by atoms with Gasteiger partial charge in [0.05, 0.1) is 27.9 Å². The third-order valence-electron chi connectivity index (χ3n) is 4.22. The fraction of sp³-hybridized carbons (Fsp3) is 0.412. The zero-order valence-corrected chi connectivity index (χ0v) is 16.3. The highest BCUT2D eigenvalue weighted by Gasteiger charge is 2.25. The van der Waals surface area contributed by atoms with Crippen LogP contribution in [0.25, 0.3) is 10.9 Å². The van der Waals surface area contributed by atoms with E-state index in [0.29, 0.717) is 27.7 Å². The van der Waals surface area contributed by atoms with Gasteiger partial charge in [0.2, 0.25) is 0 Å². The van der Waals surface area contributed by atoms with Crippen LogP contribution in [0.5, 0.6) is 0 Å². The number of anilines is 1. The molecular formula is C17H20Cl3N3O2. The van der Waals surface area contributed by atoms with Crippen molar-refractivity contribution in [3.63, 3.8) is 0 Å². The first-order valence-electron chi connectivity index (χ1n) is 7.90. The standard InChI is InChI=1S/C17H19Cl2N3O2.ClH/c1-3-24-17(23)12-10-20-15-11(4-5-13(18)14(15)19)16(12)22-8-6-21(2)7-9-22;/h4-5,10H,3,6-9H2,1-2H3;1H. The highest BCUT2D eigenvalue weighted by atomic mass is 35.5. The molecule has 3 rings (SSSR count). The van der Waals surface area contributed by atoms with E-state index < -0.39 is 0 Å². The van der Waals surface area contributed by atoms with Gasteiger partial charge in [0, 0.05) is 37.8 Å². The molecule has 0 spiro atoms. The van der Waals surface area contributed by atoms with Crippen molar-refractivity contribution in [1.82, 2.24) is 9.88 Å². The number of esters is 1. The Kier molecular flexibility index (Phi) is 6.74. The maximum Gasteiger partial charge on any atom is 1.00 e. The number of piperazine rings is 1. The Morgan fingerprint density at radius 2 is 1.96 bits per heavy atom. The minimum absolute atomic E-state index is 0. The van der Waals surface area contributed by atoms with Crippen molar-refractivity contribution < 1.29 is 23.4 Å². The van der Waals surface area contributed by atoms with Crippen LogP contribution in [0.2, 0.25) is 10.0 Å². The summed E-state index contributed by atoms with van der Waals surface area (Å²) >= 11 is 12.4. The van der Waals surface area contributed by atoms with Gasteiger partial charge >= 0.3 is 7.40 Å². The fourth-order valence-electron chi connectivity index (χ4n) is 2.92. The Balaban J connectivity index is 0.00000169. The van der Waals surface area contributed by atoms with E-state index in [1.807, 2.05) is 6.07 Å².